The minimum atomic E-state index is -6.83. The summed E-state index contributed by atoms with van der Waals surface area (Å²) in [5, 5.41) is -5.81. The van der Waals surface area contributed by atoms with E-state index in [0.29, 0.717) is 0 Å². The van der Waals surface area contributed by atoms with Crippen molar-refractivity contribution >= 4 is 20.0 Å². The van der Waals surface area contributed by atoms with Crippen LogP contribution in [-0.4, -0.2) is 33.3 Å². The minimum absolute atomic E-state index is 0. The maximum atomic E-state index is 12.6. The van der Waals surface area contributed by atoms with Crippen LogP contribution in [0.4, 0.5) is 26.3 Å². The molecule has 0 radical (unpaired) electrons. The fraction of sp³-hybridized carbons (Fsp3) is 1.00. The number of rotatable bonds is 4. The average Bonchev–Trinajstić information content (AvgIpc) is 1.98. The van der Waals surface area contributed by atoms with Gasteiger partial charge in [0.15, 0.2) is 0 Å². The summed E-state index contributed by atoms with van der Waals surface area (Å²) >= 11 is 0. The van der Waals surface area contributed by atoms with E-state index in [9.17, 15) is 43.2 Å². The maximum absolute atomic E-state index is 12.6. The van der Waals surface area contributed by atoms with Crippen LogP contribution in [0.25, 0.3) is 0 Å². The molecule has 0 rings (SSSR count). The fourth-order valence-electron chi connectivity index (χ4n) is 0.527. The zero-order chi connectivity index (χ0) is 14.5. The van der Waals surface area contributed by atoms with Crippen molar-refractivity contribution in [1.29, 1.82) is 0 Å². The smallest absolute Gasteiger partial charge is 1.00 e. The van der Waals surface area contributed by atoms with Gasteiger partial charge in [-0.2, -0.15) is 26.3 Å². The van der Waals surface area contributed by atoms with Gasteiger partial charge in [0.25, 0.3) is 20.0 Å². The van der Waals surface area contributed by atoms with Crippen LogP contribution in [0.1, 0.15) is 1.43 Å². The topological polar surface area (TPSA) is 120 Å². The molecule has 0 spiro atoms. The summed E-state index contributed by atoms with van der Waals surface area (Å²) in [7, 11) is -13.0. The van der Waals surface area contributed by atoms with E-state index < -0.39 is 36.5 Å². The van der Waals surface area contributed by atoms with Crippen LogP contribution in [0.2, 0.25) is 0 Å². The van der Waals surface area contributed by atoms with E-state index in [2.05, 4.69) is 10.3 Å². The first-order valence-electron chi connectivity index (χ1n) is 3.18. The number of sulfonamides is 2. The molecule has 0 aromatic heterocycles. The summed E-state index contributed by atoms with van der Waals surface area (Å²) in [6.07, 6.45) is 0. The summed E-state index contributed by atoms with van der Waals surface area (Å²) in [5.74, 6) is -6.83. The Hall–Kier alpha value is 1.04. The van der Waals surface area contributed by atoms with Gasteiger partial charge in [0.05, 0.1) is 0 Å². The van der Waals surface area contributed by atoms with Gasteiger partial charge >= 0.3 is 67.8 Å². The van der Waals surface area contributed by atoms with Crippen molar-refractivity contribution in [3.63, 3.8) is 0 Å². The van der Waals surface area contributed by atoms with Gasteiger partial charge in [0.1, 0.15) is 0 Å². The molecule has 0 aliphatic carbocycles. The summed E-state index contributed by atoms with van der Waals surface area (Å²) in [4.78, 5) is 0. The summed E-state index contributed by atoms with van der Waals surface area (Å²) in [6, 6.07) is 0. The van der Waals surface area contributed by atoms with Crippen molar-refractivity contribution in [2.75, 3.05) is 0 Å². The Kier molecular flexibility index (Phi) is 6.44. The molecule has 0 amide bonds. The van der Waals surface area contributed by atoms with E-state index in [1.807, 2.05) is 0 Å². The predicted octanol–water partition coefficient (Wildman–Crippen LogP) is -3.50. The van der Waals surface area contributed by atoms with Crippen molar-refractivity contribution in [3.8, 4) is 0 Å². The molecule has 15 heteroatoms. The Morgan fingerprint density at radius 1 is 0.722 bits per heavy atom. The van der Waals surface area contributed by atoms with Crippen LogP contribution >= 0.6 is 0 Å². The predicted molar refractivity (Wildman–Crippen MR) is 42.2 cm³/mol. The maximum Gasteiger partial charge on any atom is 1.00 e. The van der Waals surface area contributed by atoms with Crippen LogP contribution in [0.5, 0.6) is 0 Å². The SMILES string of the molecule is NS(=O)(=O)C(F)(F)C(F)(F)C(F)(F)S(N)(=O)=O.[H-].[K+]. The summed E-state index contributed by atoms with van der Waals surface area (Å²) in [5.41, 5.74) is 0. The first-order valence-corrected chi connectivity index (χ1v) is 6.27. The molecule has 0 bridgehead atoms. The molecule has 0 aliphatic heterocycles. The van der Waals surface area contributed by atoms with E-state index in [1.165, 1.54) is 0 Å². The second kappa shape index (κ2) is 5.43. The van der Waals surface area contributed by atoms with E-state index in [-0.39, 0.29) is 52.8 Å². The number of hydrogen-bond donors (Lipinski definition) is 2. The Balaban J connectivity index is -0.00000128. The monoisotopic (exact) mass is 350 g/mol. The van der Waals surface area contributed by atoms with Crippen LogP contribution in [0.3, 0.4) is 0 Å². The zero-order valence-corrected chi connectivity index (χ0v) is 13.1. The third-order valence-electron chi connectivity index (χ3n) is 1.45. The van der Waals surface area contributed by atoms with Crippen molar-refractivity contribution in [1.82, 2.24) is 0 Å². The van der Waals surface area contributed by atoms with E-state index in [0.717, 1.165) is 0 Å². The number of nitrogens with two attached hydrogens (primary N) is 2. The van der Waals surface area contributed by atoms with Gasteiger partial charge in [-0.3, -0.25) is 0 Å². The number of hydrogen-bond acceptors (Lipinski definition) is 4. The van der Waals surface area contributed by atoms with Crippen molar-refractivity contribution in [2.45, 2.75) is 16.4 Å². The molecule has 6 nitrogen and oxygen atoms in total. The van der Waals surface area contributed by atoms with Crippen LogP contribution in [-0.2, 0) is 20.0 Å². The third kappa shape index (κ3) is 3.19. The largest absolute Gasteiger partial charge is 1.00 e. The number of primary sulfonamides is 2. The molecular formula is C3H5F6KN2O4S2. The van der Waals surface area contributed by atoms with Crippen molar-refractivity contribution in [3.05, 3.63) is 0 Å². The summed E-state index contributed by atoms with van der Waals surface area (Å²) < 4.78 is 115. The number of alkyl halides is 6. The van der Waals surface area contributed by atoms with E-state index >= 15 is 0 Å². The Labute approximate surface area is 141 Å². The van der Waals surface area contributed by atoms with Crippen LogP contribution in [0, 0.1) is 0 Å². The zero-order valence-electron chi connectivity index (χ0n) is 9.37. The first-order chi connectivity index (χ1) is 7.00. The molecule has 18 heavy (non-hydrogen) atoms. The Morgan fingerprint density at radius 2 is 0.889 bits per heavy atom. The molecule has 0 saturated heterocycles. The minimum Gasteiger partial charge on any atom is -1.00 e. The van der Waals surface area contributed by atoms with Gasteiger partial charge in [0, 0.05) is 0 Å². The van der Waals surface area contributed by atoms with Gasteiger partial charge in [-0.25, -0.2) is 27.1 Å². The molecule has 0 saturated carbocycles. The number of halogens is 6. The third-order valence-corrected chi connectivity index (χ3v) is 3.39. The molecule has 0 atom stereocenters. The Morgan fingerprint density at radius 3 is 1.00 bits per heavy atom. The molecular weight excluding hydrogens is 345 g/mol. The molecule has 0 unspecified atom stereocenters. The van der Waals surface area contributed by atoms with Gasteiger partial charge in [-0.15, -0.1) is 0 Å². The van der Waals surface area contributed by atoms with E-state index in [4.69, 9.17) is 0 Å². The molecule has 4 N–H and O–H groups in total. The van der Waals surface area contributed by atoms with Crippen molar-refractivity contribution < 1.29 is 96.0 Å². The first kappa shape index (κ1) is 21.3. The molecule has 0 aliphatic rings. The van der Waals surface area contributed by atoms with Gasteiger partial charge in [-0.1, -0.05) is 0 Å². The standard InChI is InChI=1S/C3H4F6N2O4S2.K.H/c4-1(5,2(6,7)16(10,12)13)3(8,9)17(11,14)15;;/h(H2,10,12,13)(H2,11,14,15);;/q;+1;-1. The molecule has 0 heterocycles. The fourth-order valence-corrected chi connectivity index (χ4v) is 1.56. The molecule has 106 valence electrons. The van der Waals surface area contributed by atoms with E-state index in [1.54, 1.807) is 0 Å². The van der Waals surface area contributed by atoms with Gasteiger partial charge in [-0.05, 0) is 0 Å². The van der Waals surface area contributed by atoms with Crippen LogP contribution in [0.15, 0.2) is 0 Å². The van der Waals surface area contributed by atoms with Crippen LogP contribution < -0.4 is 61.7 Å². The average molecular weight is 350 g/mol. The second-order valence-corrected chi connectivity index (χ2v) is 5.90. The quantitative estimate of drug-likeness (QED) is 0.404. The Bertz CT molecular complexity index is 475. The summed E-state index contributed by atoms with van der Waals surface area (Å²) in [6.45, 7) is 0. The molecule has 0 aromatic carbocycles. The van der Waals surface area contributed by atoms with Gasteiger partial charge in [0.2, 0.25) is 0 Å². The normalized spacial score (nSPS) is 15.1. The van der Waals surface area contributed by atoms with Crippen molar-refractivity contribution in [2.24, 2.45) is 10.3 Å². The van der Waals surface area contributed by atoms with Gasteiger partial charge < -0.3 is 1.43 Å². The second-order valence-electron chi connectivity index (χ2n) is 2.70. The molecule has 0 aromatic rings. The molecule has 0 fully saturated rings.